The van der Waals surface area contributed by atoms with Crippen molar-refractivity contribution in [2.24, 2.45) is 7.05 Å². The van der Waals surface area contributed by atoms with Crippen LogP contribution in [0.4, 0.5) is 5.69 Å². The molecule has 0 aliphatic heterocycles. The summed E-state index contributed by atoms with van der Waals surface area (Å²) < 4.78 is 2.86. The predicted molar refractivity (Wildman–Crippen MR) is 127 cm³/mol. The van der Waals surface area contributed by atoms with Gasteiger partial charge in [-0.25, -0.2) is 0 Å². The Bertz CT molecular complexity index is 1060. The summed E-state index contributed by atoms with van der Waals surface area (Å²) in [5.74, 6) is 0.349. The number of carbonyl (C=O) groups is 2. The summed E-state index contributed by atoms with van der Waals surface area (Å²) in [5.41, 5.74) is 1.14. The Morgan fingerprint density at radius 2 is 1.87 bits per heavy atom. The molecule has 0 bridgehead atoms. The molecule has 0 aliphatic carbocycles. The molecule has 2 aromatic carbocycles. The second-order valence-corrected chi connectivity index (χ2v) is 9.01. The van der Waals surface area contributed by atoms with E-state index in [2.05, 4.69) is 43.4 Å². The van der Waals surface area contributed by atoms with Gasteiger partial charge in [0.15, 0.2) is 11.0 Å². The largest absolute Gasteiger partial charge is 0.342 e. The zero-order valence-corrected chi connectivity index (χ0v) is 20.0. The number of amides is 2. The number of rotatable bonds is 7. The van der Waals surface area contributed by atoms with Gasteiger partial charge in [0.05, 0.1) is 22.4 Å². The van der Waals surface area contributed by atoms with Crippen LogP contribution in [0.25, 0.3) is 0 Å². The SMILES string of the molecule is C[C@@H](NC(=O)c1ccccc1Cl)c1nnc(SCC(=O)Nc2ccc(I)cc2)n1C. The van der Waals surface area contributed by atoms with E-state index in [9.17, 15) is 9.59 Å². The first-order valence-electron chi connectivity index (χ1n) is 8.98. The number of benzene rings is 2. The van der Waals surface area contributed by atoms with Crippen molar-refractivity contribution in [3.63, 3.8) is 0 Å². The van der Waals surface area contributed by atoms with Gasteiger partial charge in [-0.2, -0.15) is 0 Å². The molecule has 30 heavy (non-hydrogen) atoms. The van der Waals surface area contributed by atoms with Crippen LogP contribution in [0.5, 0.6) is 0 Å². The van der Waals surface area contributed by atoms with Gasteiger partial charge in [0.25, 0.3) is 5.91 Å². The Morgan fingerprint density at radius 1 is 1.17 bits per heavy atom. The van der Waals surface area contributed by atoms with Crippen LogP contribution >= 0.6 is 46.0 Å². The Morgan fingerprint density at radius 3 is 2.57 bits per heavy atom. The third-order valence-corrected chi connectivity index (χ3v) is 6.25. The highest BCUT2D eigenvalue weighted by Crippen LogP contribution is 2.21. The molecule has 0 unspecified atom stereocenters. The van der Waals surface area contributed by atoms with Gasteiger partial charge < -0.3 is 15.2 Å². The van der Waals surface area contributed by atoms with Crippen molar-refractivity contribution < 1.29 is 9.59 Å². The molecule has 0 aliphatic rings. The average Bonchev–Trinajstić information content (AvgIpc) is 3.09. The number of thioether (sulfide) groups is 1. The fourth-order valence-corrected chi connectivity index (χ4v) is 3.97. The van der Waals surface area contributed by atoms with Crippen molar-refractivity contribution in [2.75, 3.05) is 11.1 Å². The van der Waals surface area contributed by atoms with Crippen molar-refractivity contribution in [1.82, 2.24) is 20.1 Å². The lowest BCUT2D eigenvalue weighted by atomic mass is 10.2. The lowest BCUT2D eigenvalue weighted by Gasteiger charge is -2.14. The Balaban J connectivity index is 1.58. The maximum atomic E-state index is 12.5. The summed E-state index contributed by atoms with van der Waals surface area (Å²) in [6.45, 7) is 1.82. The van der Waals surface area contributed by atoms with Crippen molar-refractivity contribution in [1.29, 1.82) is 0 Å². The van der Waals surface area contributed by atoms with Gasteiger partial charge in [0, 0.05) is 16.3 Å². The number of hydrogen-bond acceptors (Lipinski definition) is 5. The van der Waals surface area contributed by atoms with Gasteiger partial charge in [-0.3, -0.25) is 9.59 Å². The second-order valence-electron chi connectivity index (χ2n) is 6.42. The highest BCUT2D eigenvalue weighted by Gasteiger charge is 2.20. The van der Waals surface area contributed by atoms with Gasteiger partial charge in [0.2, 0.25) is 5.91 Å². The summed E-state index contributed by atoms with van der Waals surface area (Å²) in [5, 5.41) is 15.0. The first-order chi connectivity index (χ1) is 14.3. The monoisotopic (exact) mass is 555 g/mol. The standard InChI is InChI=1S/C20H19ClIN5O2S/c1-12(23-19(29)15-5-3-4-6-16(15)21)18-25-26-20(27(18)2)30-11-17(28)24-14-9-7-13(22)8-10-14/h3-10,12H,11H2,1-2H3,(H,23,29)(H,24,28)/t12-/m1/s1. The molecule has 1 atom stereocenters. The molecule has 3 aromatic rings. The van der Waals surface area contributed by atoms with Crippen LogP contribution in [-0.2, 0) is 11.8 Å². The number of halogens is 2. The molecule has 7 nitrogen and oxygen atoms in total. The number of nitrogens with one attached hydrogen (secondary N) is 2. The van der Waals surface area contributed by atoms with Crippen LogP contribution < -0.4 is 10.6 Å². The zero-order valence-electron chi connectivity index (χ0n) is 16.2. The zero-order chi connectivity index (χ0) is 21.7. The lowest BCUT2D eigenvalue weighted by molar-refractivity contribution is -0.113. The molecular formula is C20H19ClIN5O2S. The van der Waals surface area contributed by atoms with Crippen LogP contribution in [0.1, 0.15) is 29.1 Å². The Hall–Kier alpha value is -2.11. The molecule has 0 saturated heterocycles. The number of carbonyl (C=O) groups excluding carboxylic acids is 2. The summed E-state index contributed by atoms with van der Waals surface area (Å²) in [6.07, 6.45) is 0. The summed E-state index contributed by atoms with van der Waals surface area (Å²) in [7, 11) is 1.80. The lowest BCUT2D eigenvalue weighted by Crippen LogP contribution is -2.28. The van der Waals surface area contributed by atoms with E-state index < -0.39 is 0 Å². The topological polar surface area (TPSA) is 88.9 Å². The van der Waals surface area contributed by atoms with E-state index >= 15 is 0 Å². The fraction of sp³-hybridized carbons (Fsp3) is 0.200. The predicted octanol–water partition coefficient (Wildman–Crippen LogP) is 4.29. The molecule has 0 spiro atoms. The number of hydrogen-bond donors (Lipinski definition) is 2. The fourth-order valence-electron chi connectivity index (χ4n) is 2.67. The highest BCUT2D eigenvalue weighted by molar-refractivity contribution is 14.1. The van der Waals surface area contributed by atoms with Crippen molar-refractivity contribution in [2.45, 2.75) is 18.1 Å². The molecular weight excluding hydrogens is 537 g/mol. The molecule has 2 N–H and O–H groups in total. The van der Waals surface area contributed by atoms with Crippen molar-refractivity contribution in [3.05, 3.63) is 68.5 Å². The van der Waals surface area contributed by atoms with Crippen LogP contribution in [0.2, 0.25) is 5.02 Å². The normalized spacial score (nSPS) is 11.7. The number of aromatic nitrogens is 3. The molecule has 1 heterocycles. The maximum Gasteiger partial charge on any atom is 0.253 e. The van der Waals surface area contributed by atoms with E-state index in [1.165, 1.54) is 11.8 Å². The minimum Gasteiger partial charge on any atom is -0.342 e. The number of nitrogens with zero attached hydrogens (tertiary/aromatic N) is 3. The molecule has 3 rings (SSSR count). The first kappa shape index (κ1) is 22.6. The van der Waals surface area contributed by atoms with E-state index in [1.807, 2.05) is 31.2 Å². The van der Waals surface area contributed by atoms with Crippen molar-refractivity contribution >= 4 is 63.5 Å². The van der Waals surface area contributed by atoms with E-state index in [-0.39, 0.29) is 23.6 Å². The van der Waals surface area contributed by atoms with Gasteiger partial charge in [-0.1, -0.05) is 35.5 Å². The molecule has 1 aromatic heterocycles. The van der Waals surface area contributed by atoms with E-state index in [1.54, 1.807) is 35.9 Å². The van der Waals surface area contributed by atoms with Gasteiger partial charge in [-0.05, 0) is 65.9 Å². The molecule has 156 valence electrons. The molecule has 0 fully saturated rings. The summed E-state index contributed by atoms with van der Waals surface area (Å²) in [4.78, 5) is 24.7. The minimum atomic E-state index is -0.388. The molecule has 2 amide bonds. The second kappa shape index (κ2) is 10.3. The minimum absolute atomic E-state index is 0.133. The van der Waals surface area contributed by atoms with E-state index in [4.69, 9.17) is 11.6 Å². The maximum absolute atomic E-state index is 12.5. The molecule has 10 heteroatoms. The Labute approximate surface area is 197 Å². The summed E-state index contributed by atoms with van der Waals surface area (Å²) in [6, 6.07) is 14.0. The van der Waals surface area contributed by atoms with Crippen molar-refractivity contribution in [3.8, 4) is 0 Å². The molecule has 0 radical (unpaired) electrons. The van der Waals surface area contributed by atoms with Crippen LogP contribution in [0.15, 0.2) is 53.7 Å². The summed E-state index contributed by atoms with van der Waals surface area (Å²) >= 11 is 9.57. The Kier molecular flexibility index (Phi) is 7.73. The van der Waals surface area contributed by atoms with E-state index in [0.29, 0.717) is 21.6 Å². The average molecular weight is 556 g/mol. The first-order valence-corrected chi connectivity index (χ1v) is 11.4. The van der Waals surface area contributed by atoms with E-state index in [0.717, 1.165) is 9.26 Å². The van der Waals surface area contributed by atoms with Crippen LogP contribution in [0, 0.1) is 3.57 Å². The number of anilines is 1. The quantitative estimate of drug-likeness (QED) is 0.335. The third-order valence-electron chi connectivity index (χ3n) is 4.18. The van der Waals surface area contributed by atoms with Gasteiger partial charge >= 0.3 is 0 Å². The highest BCUT2D eigenvalue weighted by atomic mass is 127. The van der Waals surface area contributed by atoms with Crippen LogP contribution in [0.3, 0.4) is 0 Å². The van der Waals surface area contributed by atoms with Gasteiger partial charge in [-0.15, -0.1) is 10.2 Å². The smallest absolute Gasteiger partial charge is 0.253 e. The molecule has 0 saturated carbocycles. The third kappa shape index (κ3) is 5.73. The van der Waals surface area contributed by atoms with Gasteiger partial charge in [0.1, 0.15) is 0 Å². The van der Waals surface area contributed by atoms with Crippen LogP contribution in [-0.4, -0.2) is 32.3 Å².